The number of carbonyl (C=O) groups excluding carboxylic acids is 2. The first kappa shape index (κ1) is 29.3. The minimum Gasteiger partial charge on any atom is -0.495 e. The summed E-state index contributed by atoms with van der Waals surface area (Å²) in [6, 6.07) is 8.00. The maximum absolute atomic E-state index is 14.2. The SMILES string of the molecule is COC(=O)C1CCC(C(=O)N(C[C@H]2CC[C@H](c3ccc(OC)c(C)n3)CC2)c2cc(-c3coc(C4CC4)n3)ccn2)CC1. The highest BCUT2D eigenvalue weighted by molar-refractivity contribution is 5.95. The fourth-order valence-electron chi connectivity index (χ4n) is 6.83. The molecule has 0 unspecified atom stereocenters. The van der Waals surface area contributed by atoms with Crippen LogP contribution in [0.2, 0.25) is 0 Å². The fraction of sp³-hybridized carbons (Fsp3) is 0.559. The van der Waals surface area contributed by atoms with Crippen molar-refractivity contribution in [2.24, 2.45) is 17.8 Å². The van der Waals surface area contributed by atoms with E-state index in [1.54, 1.807) is 19.6 Å². The van der Waals surface area contributed by atoms with Gasteiger partial charge in [-0.25, -0.2) is 9.97 Å². The molecule has 3 aromatic rings. The quantitative estimate of drug-likeness (QED) is 0.258. The second-order valence-electron chi connectivity index (χ2n) is 12.5. The summed E-state index contributed by atoms with van der Waals surface area (Å²) in [5.74, 6) is 3.14. The Labute approximate surface area is 253 Å². The van der Waals surface area contributed by atoms with Crippen LogP contribution in [-0.2, 0) is 14.3 Å². The molecular weight excluding hydrogens is 544 g/mol. The van der Waals surface area contributed by atoms with Crippen LogP contribution in [0.25, 0.3) is 11.3 Å². The third-order valence-corrected chi connectivity index (χ3v) is 9.63. The molecular formula is C34H42N4O5. The van der Waals surface area contributed by atoms with E-state index < -0.39 is 0 Å². The van der Waals surface area contributed by atoms with Crippen molar-refractivity contribution in [2.45, 2.75) is 83.0 Å². The smallest absolute Gasteiger partial charge is 0.308 e. The number of pyridine rings is 2. The first-order valence-electron chi connectivity index (χ1n) is 15.8. The Morgan fingerprint density at radius 2 is 1.63 bits per heavy atom. The van der Waals surface area contributed by atoms with Crippen LogP contribution < -0.4 is 9.64 Å². The van der Waals surface area contributed by atoms with Gasteiger partial charge in [-0.3, -0.25) is 19.5 Å². The molecule has 1 amide bonds. The van der Waals surface area contributed by atoms with Crippen LogP contribution in [-0.4, -0.2) is 47.6 Å². The maximum Gasteiger partial charge on any atom is 0.308 e. The van der Waals surface area contributed by atoms with Crippen LogP contribution in [0.1, 0.15) is 93.3 Å². The number of carbonyl (C=O) groups is 2. The lowest BCUT2D eigenvalue weighted by Gasteiger charge is -2.35. The average Bonchev–Trinajstić information content (AvgIpc) is 3.79. The summed E-state index contributed by atoms with van der Waals surface area (Å²) >= 11 is 0. The van der Waals surface area contributed by atoms with Gasteiger partial charge in [0.2, 0.25) is 5.91 Å². The molecule has 228 valence electrons. The molecule has 6 rings (SSSR count). The summed E-state index contributed by atoms with van der Waals surface area (Å²) in [5, 5.41) is 0. The molecule has 3 aromatic heterocycles. The van der Waals surface area contributed by atoms with Gasteiger partial charge in [-0.05, 0) is 101 Å². The van der Waals surface area contributed by atoms with Gasteiger partial charge in [0, 0.05) is 41.8 Å². The van der Waals surface area contributed by atoms with E-state index in [1.807, 2.05) is 30.0 Å². The monoisotopic (exact) mass is 586 g/mol. The number of oxazole rings is 1. The number of ether oxygens (including phenoxy) is 2. The van der Waals surface area contributed by atoms with E-state index >= 15 is 0 Å². The molecule has 9 heteroatoms. The van der Waals surface area contributed by atoms with Crippen LogP contribution in [0.3, 0.4) is 0 Å². The van der Waals surface area contributed by atoms with Crippen molar-refractivity contribution in [1.82, 2.24) is 15.0 Å². The highest BCUT2D eigenvalue weighted by Gasteiger charge is 2.35. The van der Waals surface area contributed by atoms with Gasteiger partial charge in [-0.1, -0.05) is 0 Å². The Hall–Kier alpha value is -3.75. The summed E-state index contributed by atoms with van der Waals surface area (Å²) in [5.41, 5.74) is 3.72. The van der Waals surface area contributed by atoms with Gasteiger partial charge in [-0.2, -0.15) is 0 Å². The number of aryl methyl sites for hydroxylation is 1. The molecule has 43 heavy (non-hydrogen) atoms. The molecule has 0 spiro atoms. The zero-order valence-corrected chi connectivity index (χ0v) is 25.5. The number of esters is 1. The summed E-state index contributed by atoms with van der Waals surface area (Å²) in [6.07, 6.45) is 12.5. The Kier molecular flexibility index (Phi) is 8.77. The molecule has 0 aromatic carbocycles. The highest BCUT2D eigenvalue weighted by Crippen LogP contribution is 2.41. The van der Waals surface area contributed by atoms with Crippen molar-refractivity contribution in [3.05, 3.63) is 54.0 Å². The number of hydrogen-bond donors (Lipinski definition) is 0. The molecule has 3 saturated carbocycles. The van der Waals surface area contributed by atoms with Gasteiger partial charge in [0.05, 0.1) is 25.8 Å². The number of rotatable bonds is 9. The summed E-state index contributed by atoms with van der Waals surface area (Å²) in [6.45, 7) is 2.61. The molecule has 0 bridgehead atoms. The Morgan fingerprint density at radius 3 is 2.30 bits per heavy atom. The number of methoxy groups -OCH3 is 2. The second kappa shape index (κ2) is 12.9. The van der Waals surface area contributed by atoms with E-state index in [0.29, 0.717) is 55.8 Å². The lowest BCUT2D eigenvalue weighted by molar-refractivity contribution is -0.147. The third-order valence-electron chi connectivity index (χ3n) is 9.63. The number of anilines is 1. The molecule has 0 aliphatic heterocycles. The van der Waals surface area contributed by atoms with E-state index in [0.717, 1.165) is 72.8 Å². The third kappa shape index (κ3) is 6.60. The average molecular weight is 587 g/mol. The number of hydrogen-bond acceptors (Lipinski definition) is 8. The zero-order valence-electron chi connectivity index (χ0n) is 25.5. The molecule has 3 aliphatic rings. The van der Waals surface area contributed by atoms with Gasteiger partial charge in [0.15, 0.2) is 5.89 Å². The van der Waals surface area contributed by atoms with Crippen molar-refractivity contribution in [1.29, 1.82) is 0 Å². The first-order valence-corrected chi connectivity index (χ1v) is 15.8. The molecule has 3 fully saturated rings. The fourth-order valence-corrected chi connectivity index (χ4v) is 6.83. The minimum absolute atomic E-state index is 0.0985. The van der Waals surface area contributed by atoms with E-state index in [2.05, 4.69) is 6.07 Å². The van der Waals surface area contributed by atoms with Gasteiger partial charge in [-0.15, -0.1) is 0 Å². The number of nitrogens with zero attached hydrogens (tertiary/aromatic N) is 4. The number of aromatic nitrogens is 3. The van der Waals surface area contributed by atoms with Gasteiger partial charge in [0.25, 0.3) is 0 Å². The van der Waals surface area contributed by atoms with Crippen LogP contribution in [0, 0.1) is 24.7 Å². The largest absolute Gasteiger partial charge is 0.495 e. The summed E-state index contributed by atoms with van der Waals surface area (Å²) in [4.78, 5) is 42.4. The molecule has 9 nitrogen and oxygen atoms in total. The number of amides is 1. The van der Waals surface area contributed by atoms with Crippen LogP contribution in [0.5, 0.6) is 5.75 Å². The predicted molar refractivity (Wildman–Crippen MR) is 162 cm³/mol. The summed E-state index contributed by atoms with van der Waals surface area (Å²) < 4.78 is 16.1. The Balaban J connectivity index is 1.19. The van der Waals surface area contributed by atoms with E-state index in [4.69, 9.17) is 28.8 Å². The lowest BCUT2D eigenvalue weighted by Crippen LogP contribution is -2.42. The first-order chi connectivity index (χ1) is 20.9. The Bertz CT molecular complexity index is 1430. The van der Waals surface area contributed by atoms with Crippen LogP contribution in [0.15, 0.2) is 41.1 Å². The normalized spacial score (nSPS) is 23.9. The predicted octanol–water partition coefficient (Wildman–Crippen LogP) is 6.61. The van der Waals surface area contributed by atoms with Crippen molar-refractivity contribution in [3.63, 3.8) is 0 Å². The Morgan fingerprint density at radius 1 is 0.907 bits per heavy atom. The van der Waals surface area contributed by atoms with Crippen molar-refractivity contribution >= 4 is 17.7 Å². The molecule has 0 atom stereocenters. The minimum atomic E-state index is -0.173. The van der Waals surface area contributed by atoms with Crippen LogP contribution >= 0.6 is 0 Å². The second-order valence-corrected chi connectivity index (χ2v) is 12.5. The van der Waals surface area contributed by atoms with Crippen LogP contribution in [0.4, 0.5) is 5.82 Å². The topological polar surface area (TPSA) is 108 Å². The highest BCUT2D eigenvalue weighted by atomic mass is 16.5. The molecule has 0 N–H and O–H groups in total. The van der Waals surface area contributed by atoms with Gasteiger partial charge < -0.3 is 13.9 Å². The lowest BCUT2D eigenvalue weighted by atomic mass is 9.79. The molecule has 0 radical (unpaired) electrons. The van der Waals surface area contributed by atoms with E-state index in [9.17, 15) is 9.59 Å². The van der Waals surface area contributed by atoms with E-state index in [-0.39, 0.29) is 23.7 Å². The van der Waals surface area contributed by atoms with Crippen molar-refractivity contribution < 1.29 is 23.5 Å². The molecule has 0 saturated heterocycles. The summed E-state index contributed by atoms with van der Waals surface area (Å²) in [7, 11) is 3.11. The maximum atomic E-state index is 14.2. The zero-order chi connectivity index (χ0) is 29.9. The standard InChI is InChI=1S/C34H42N4O5/c1-21-30(41-2)15-14-28(36-21)23-6-4-22(5-7-23)19-38(33(39)25-10-12-26(13-11-25)34(40)42-3)31-18-27(16-17-35-31)29-20-43-32(37-29)24-8-9-24/h14-18,20,22-26H,4-13,19H2,1-3H3/t22-,23-,25?,26?. The molecule has 3 aliphatic carbocycles. The van der Waals surface area contributed by atoms with E-state index in [1.165, 1.54) is 7.11 Å². The van der Waals surface area contributed by atoms with Crippen molar-refractivity contribution in [3.8, 4) is 17.0 Å². The van der Waals surface area contributed by atoms with Gasteiger partial charge in [0.1, 0.15) is 23.5 Å². The molecule has 3 heterocycles. The van der Waals surface area contributed by atoms with Crippen molar-refractivity contribution in [2.75, 3.05) is 25.7 Å². The van der Waals surface area contributed by atoms with Gasteiger partial charge >= 0.3 is 5.97 Å².